The van der Waals surface area contributed by atoms with Gasteiger partial charge in [0.25, 0.3) is 0 Å². The summed E-state index contributed by atoms with van der Waals surface area (Å²) in [7, 11) is 0. The van der Waals surface area contributed by atoms with Crippen LogP contribution >= 0.6 is 11.6 Å². The number of ether oxygens (including phenoxy) is 1. The van der Waals surface area contributed by atoms with Crippen molar-refractivity contribution >= 4 is 35.0 Å². The van der Waals surface area contributed by atoms with Crippen molar-refractivity contribution in [3.05, 3.63) is 76.6 Å². The highest BCUT2D eigenvalue weighted by Crippen LogP contribution is 2.39. The van der Waals surface area contributed by atoms with Gasteiger partial charge in [0.1, 0.15) is 11.5 Å². The Morgan fingerprint density at radius 1 is 1.03 bits per heavy atom. The summed E-state index contributed by atoms with van der Waals surface area (Å²) in [5, 5.41) is 15.2. The van der Waals surface area contributed by atoms with Gasteiger partial charge in [0.2, 0.25) is 0 Å². The van der Waals surface area contributed by atoms with Crippen molar-refractivity contribution in [2.24, 2.45) is 0 Å². The molecule has 0 radical (unpaired) electrons. The largest absolute Gasteiger partial charge is 0.543 e. The summed E-state index contributed by atoms with van der Waals surface area (Å²) in [6, 6.07) is 10.2. The number of carbonyl (C=O) groups excluding carboxylic acids is 2. The van der Waals surface area contributed by atoms with Crippen molar-refractivity contribution in [1.29, 1.82) is 0 Å². The molecule has 0 spiro atoms. The molecule has 2 N–H and O–H groups in total. The molecule has 1 aromatic heterocycles. The van der Waals surface area contributed by atoms with Crippen LogP contribution in [0.25, 0.3) is 0 Å². The number of carbonyl (C=O) groups is 2. The summed E-state index contributed by atoms with van der Waals surface area (Å²) in [6.07, 6.45) is -3.41. The van der Waals surface area contributed by atoms with Crippen molar-refractivity contribution in [3.63, 3.8) is 0 Å². The van der Waals surface area contributed by atoms with Gasteiger partial charge in [-0.15, -0.1) is 0 Å². The first-order valence-corrected chi connectivity index (χ1v) is 9.32. The summed E-state index contributed by atoms with van der Waals surface area (Å²) in [4.78, 5) is 26.7. The van der Waals surface area contributed by atoms with Crippen LogP contribution in [-0.2, 0) is 6.18 Å². The number of benzene rings is 2. The molecule has 0 aliphatic carbocycles. The lowest BCUT2D eigenvalue weighted by Gasteiger charge is -2.16. The van der Waals surface area contributed by atoms with E-state index in [2.05, 4.69) is 15.6 Å². The number of hydrogen-bond acceptors (Lipinski definition) is 5. The number of alkyl halides is 3. The van der Waals surface area contributed by atoms with Crippen LogP contribution in [0.5, 0.6) is 11.5 Å². The number of aromatic nitrogens is 1. The van der Waals surface area contributed by atoms with E-state index < -0.39 is 28.8 Å². The molecule has 3 aromatic rings. The maximum absolute atomic E-state index is 13.2. The Bertz CT molecular complexity index is 1170. The van der Waals surface area contributed by atoms with E-state index >= 15 is 0 Å². The van der Waals surface area contributed by atoms with Crippen molar-refractivity contribution in [2.75, 3.05) is 10.6 Å². The third-order valence-corrected chi connectivity index (χ3v) is 4.55. The quantitative estimate of drug-likeness (QED) is 0.561. The van der Waals surface area contributed by atoms with Crippen LogP contribution in [0.1, 0.15) is 21.6 Å². The van der Waals surface area contributed by atoms with E-state index in [0.717, 1.165) is 6.07 Å². The molecule has 1 heterocycles. The Kier molecular flexibility index (Phi) is 6.54. The Labute approximate surface area is 184 Å². The molecule has 2 aromatic carbocycles. The Balaban J connectivity index is 1.67. The number of nitrogens with zero attached hydrogens (tertiary/aromatic N) is 1. The first-order valence-electron chi connectivity index (χ1n) is 8.94. The Morgan fingerprint density at radius 3 is 2.34 bits per heavy atom. The number of anilines is 2. The molecular formula is C21H14ClF3N3O4-. The fourth-order valence-corrected chi connectivity index (χ4v) is 3.09. The number of rotatable bonds is 5. The number of hydrogen-bond donors (Lipinski definition) is 2. The number of nitrogens with one attached hydrogen (secondary N) is 2. The fourth-order valence-electron chi connectivity index (χ4n) is 2.78. The minimum atomic E-state index is -4.66. The molecule has 2 amide bonds. The highest BCUT2D eigenvalue weighted by atomic mass is 35.5. The van der Waals surface area contributed by atoms with Gasteiger partial charge in [-0.05, 0) is 55.0 Å². The Morgan fingerprint density at radius 2 is 1.72 bits per heavy atom. The van der Waals surface area contributed by atoms with Gasteiger partial charge in [0.05, 0.1) is 22.2 Å². The van der Waals surface area contributed by atoms with Gasteiger partial charge in [-0.25, -0.2) is 4.79 Å². The van der Waals surface area contributed by atoms with Gasteiger partial charge in [-0.3, -0.25) is 4.98 Å². The number of pyridine rings is 1. The highest BCUT2D eigenvalue weighted by molar-refractivity contribution is 6.31. The number of aromatic carboxylic acids is 1. The average molecular weight is 465 g/mol. The van der Waals surface area contributed by atoms with Gasteiger partial charge in [-0.2, -0.15) is 13.2 Å². The maximum Gasteiger partial charge on any atom is 0.418 e. The van der Waals surface area contributed by atoms with Crippen molar-refractivity contribution < 1.29 is 32.6 Å². The first-order chi connectivity index (χ1) is 15.0. The first kappa shape index (κ1) is 22.9. The number of halogens is 4. The summed E-state index contributed by atoms with van der Waals surface area (Å²) in [5.41, 5.74) is -1.22. The third kappa shape index (κ3) is 5.46. The van der Waals surface area contributed by atoms with Gasteiger partial charge in [0.15, 0.2) is 0 Å². The van der Waals surface area contributed by atoms with E-state index in [1.807, 2.05) is 0 Å². The molecule has 7 nitrogen and oxygen atoms in total. The van der Waals surface area contributed by atoms with E-state index in [1.165, 1.54) is 55.6 Å². The summed E-state index contributed by atoms with van der Waals surface area (Å²) < 4.78 is 45.0. The standard InChI is InChI=1S/C21H15ClF3N3O4/c1-11-16(7-6-15(22)18(11)21(23,24)25)28-20(31)27-12-2-4-13(5-3-12)32-14-8-9-26-17(10-14)19(29)30/h2-10H,1H3,(H,29,30)(H2,27,28,31)/p-1. The van der Waals surface area contributed by atoms with Crippen LogP contribution in [-0.4, -0.2) is 17.0 Å². The molecule has 32 heavy (non-hydrogen) atoms. The molecule has 11 heteroatoms. The molecule has 0 saturated heterocycles. The molecular weight excluding hydrogens is 451 g/mol. The van der Waals surface area contributed by atoms with Crippen LogP contribution in [0.15, 0.2) is 54.7 Å². The molecule has 0 unspecified atom stereocenters. The van der Waals surface area contributed by atoms with Gasteiger partial charge < -0.3 is 25.3 Å². The molecule has 0 bridgehead atoms. The molecule has 3 rings (SSSR count). The van der Waals surface area contributed by atoms with E-state index in [4.69, 9.17) is 16.3 Å². The van der Waals surface area contributed by atoms with Gasteiger partial charge in [0, 0.05) is 23.6 Å². The van der Waals surface area contributed by atoms with E-state index in [-0.39, 0.29) is 22.7 Å². The molecule has 166 valence electrons. The zero-order valence-electron chi connectivity index (χ0n) is 16.3. The number of carboxylic acids is 1. The minimum absolute atomic E-state index is 0.0411. The second-order valence-corrected chi connectivity index (χ2v) is 6.87. The van der Waals surface area contributed by atoms with Gasteiger partial charge >= 0.3 is 12.2 Å². The third-order valence-electron chi connectivity index (χ3n) is 4.23. The fraction of sp³-hybridized carbons (Fsp3) is 0.0952. The van der Waals surface area contributed by atoms with Crippen LogP contribution in [0, 0.1) is 6.92 Å². The van der Waals surface area contributed by atoms with E-state index in [1.54, 1.807) is 0 Å². The lowest BCUT2D eigenvalue weighted by atomic mass is 10.1. The lowest BCUT2D eigenvalue weighted by Crippen LogP contribution is -2.23. The SMILES string of the molecule is Cc1c(NC(=O)Nc2ccc(Oc3ccnc(C(=O)[O-])c3)cc2)ccc(Cl)c1C(F)(F)F. The van der Waals surface area contributed by atoms with Crippen LogP contribution in [0.3, 0.4) is 0 Å². The average Bonchev–Trinajstić information content (AvgIpc) is 2.71. The van der Waals surface area contributed by atoms with E-state index in [9.17, 15) is 27.9 Å². The Hall–Kier alpha value is -3.79. The monoisotopic (exact) mass is 464 g/mol. The molecule has 0 fully saturated rings. The summed E-state index contributed by atoms with van der Waals surface area (Å²) in [5.74, 6) is -0.884. The van der Waals surface area contributed by atoms with Crippen molar-refractivity contribution in [1.82, 2.24) is 4.98 Å². The second-order valence-electron chi connectivity index (χ2n) is 6.46. The number of urea groups is 1. The van der Waals surface area contributed by atoms with Crippen LogP contribution in [0.2, 0.25) is 5.02 Å². The normalized spacial score (nSPS) is 11.0. The topological polar surface area (TPSA) is 103 Å². The number of amides is 2. The molecule has 0 atom stereocenters. The maximum atomic E-state index is 13.2. The van der Waals surface area contributed by atoms with Crippen molar-refractivity contribution in [3.8, 4) is 11.5 Å². The second kappa shape index (κ2) is 9.15. The predicted octanol–water partition coefficient (Wildman–Crippen LogP) is 4.86. The zero-order valence-corrected chi connectivity index (χ0v) is 17.0. The lowest BCUT2D eigenvalue weighted by molar-refractivity contribution is -0.255. The minimum Gasteiger partial charge on any atom is -0.543 e. The summed E-state index contributed by atoms with van der Waals surface area (Å²) in [6.45, 7) is 1.21. The van der Waals surface area contributed by atoms with Gasteiger partial charge in [-0.1, -0.05) is 11.6 Å². The smallest absolute Gasteiger partial charge is 0.418 e. The highest BCUT2D eigenvalue weighted by Gasteiger charge is 2.36. The molecule has 0 aliphatic rings. The summed E-state index contributed by atoms with van der Waals surface area (Å²) >= 11 is 5.65. The van der Waals surface area contributed by atoms with Crippen LogP contribution < -0.4 is 20.5 Å². The molecule has 0 saturated carbocycles. The van der Waals surface area contributed by atoms with Crippen LogP contribution in [0.4, 0.5) is 29.3 Å². The predicted molar refractivity (Wildman–Crippen MR) is 109 cm³/mol. The van der Waals surface area contributed by atoms with Crippen molar-refractivity contribution in [2.45, 2.75) is 13.1 Å². The molecule has 0 aliphatic heterocycles. The van der Waals surface area contributed by atoms with E-state index in [0.29, 0.717) is 11.4 Å². The zero-order chi connectivity index (χ0) is 23.5. The number of carboxylic acid groups (broad SMARTS) is 1.